The summed E-state index contributed by atoms with van der Waals surface area (Å²) in [5.41, 5.74) is -0.115. The van der Waals surface area contributed by atoms with E-state index in [9.17, 15) is 13.2 Å². The first kappa shape index (κ1) is 16.6. The lowest BCUT2D eigenvalue weighted by molar-refractivity contribution is 0.0522. The third-order valence-corrected chi connectivity index (χ3v) is 4.39. The van der Waals surface area contributed by atoms with Crippen molar-refractivity contribution in [3.8, 4) is 12.3 Å². The standard InChI is InChI=1S/C11H15N3O4S2/c1-3-6-19-7-5-13-20(16,17)10-9(8-12-14-10)11(15)18-4-2/h1,8,13H,4-7H2,2H3,(H,12,14). The monoisotopic (exact) mass is 317 g/mol. The molecule has 7 nitrogen and oxygen atoms in total. The van der Waals surface area contributed by atoms with E-state index in [1.165, 1.54) is 11.8 Å². The van der Waals surface area contributed by atoms with Gasteiger partial charge in [0.15, 0.2) is 5.03 Å². The lowest BCUT2D eigenvalue weighted by Gasteiger charge is -2.06. The van der Waals surface area contributed by atoms with Crippen molar-refractivity contribution in [1.82, 2.24) is 14.9 Å². The molecule has 0 aromatic carbocycles. The molecule has 0 fully saturated rings. The molecule has 0 saturated carbocycles. The highest BCUT2D eigenvalue weighted by Gasteiger charge is 2.25. The SMILES string of the molecule is C#CCSCCNS(=O)(=O)c1[nH]ncc1C(=O)OCC. The zero-order valence-corrected chi connectivity index (χ0v) is 12.5. The highest BCUT2D eigenvalue weighted by Crippen LogP contribution is 2.13. The van der Waals surface area contributed by atoms with Crippen LogP contribution < -0.4 is 4.72 Å². The van der Waals surface area contributed by atoms with E-state index < -0.39 is 16.0 Å². The van der Waals surface area contributed by atoms with E-state index in [1.807, 2.05) is 0 Å². The van der Waals surface area contributed by atoms with Crippen molar-refractivity contribution in [2.24, 2.45) is 0 Å². The summed E-state index contributed by atoms with van der Waals surface area (Å²) in [4.78, 5) is 11.6. The quantitative estimate of drug-likeness (QED) is 0.404. The van der Waals surface area contributed by atoms with Gasteiger partial charge in [0, 0.05) is 12.3 Å². The minimum absolute atomic E-state index is 0.115. The van der Waals surface area contributed by atoms with Gasteiger partial charge in [0.2, 0.25) is 0 Å². The molecule has 0 amide bonds. The Hall–Kier alpha value is -1.50. The summed E-state index contributed by atoms with van der Waals surface area (Å²) in [5.74, 6) is 2.75. The molecule has 110 valence electrons. The molecule has 0 bridgehead atoms. The molecule has 0 aliphatic rings. The summed E-state index contributed by atoms with van der Waals surface area (Å²) < 4.78 is 31.2. The molecule has 0 aliphatic carbocycles. The Morgan fingerprint density at radius 3 is 3.05 bits per heavy atom. The molecule has 2 N–H and O–H groups in total. The van der Waals surface area contributed by atoms with E-state index in [1.54, 1.807) is 6.92 Å². The second-order valence-electron chi connectivity index (χ2n) is 3.49. The number of sulfonamides is 1. The summed E-state index contributed by atoms with van der Waals surface area (Å²) >= 11 is 1.43. The smallest absolute Gasteiger partial charge is 0.342 e. The van der Waals surface area contributed by atoms with Crippen LogP contribution in [0.4, 0.5) is 0 Å². The van der Waals surface area contributed by atoms with Crippen molar-refractivity contribution in [3.05, 3.63) is 11.8 Å². The lowest BCUT2D eigenvalue weighted by Crippen LogP contribution is -2.28. The molecular formula is C11H15N3O4S2. The molecule has 0 atom stereocenters. The number of esters is 1. The third kappa shape index (κ3) is 4.56. The zero-order chi connectivity index (χ0) is 15.0. The first-order valence-electron chi connectivity index (χ1n) is 5.74. The summed E-state index contributed by atoms with van der Waals surface area (Å²) in [7, 11) is -3.83. The number of thioether (sulfide) groups is 1. The van der Waals surface area contributed by atoms with Gasteiger partial charge in [0.05, 0.1) is 18.6 Å². The topological polar surface area (TPSA) is 101 Å². The average molecular weight is 317 g/mol. The van der Waals surface area contributed by atoms with E-state index in [-0.39, 0.29) is 23.7 Å². The van der Waals surface area contributed by atoms with E-state index in [0.717, 1.165) is 6.20 Å². The van der Waals surface area contributed by atoms with Gasteiger partial charge in [-0.2, -0.15) is 5.10 Å². The van der Waals surface area contributed by atoms with Crippen molar-refractivity contribution in [3.63, 3.8) is 0 Å². The van der Waals surface area contributed by atoms with Crippen molar-refractivity contribution >= 4 is 27.8 Å². The van der Waals surface area contributed by atoms with Gasteiger partial charge >= 0.3 is 5.97 Å². The predicted molar refractivity (Wildman–Crippen MR) is 75.9 cm³/mol. The van der Waals surface area contributed by atoms with Gasteiger partial charge < -0.3 is 4.74 Å². The van der Waals surface area contributed by atoms with Crippen LogP contribution in [0.1, 0.15) is 17.3 Å². The molecule has 0 saturated heterocycles. The van der Waals surface area contributed by atoms with Crippen LogP contribution in [-0.4, -0.2) is 49.2 Å². The molecule has 1 heterocycles. The first-order valence-corrected chi connectivity index (χ1v) is 8.38. The Kier molecular flexibility index (Phi) is 6.57. The molecule has 0 radical (unpaired) electrons. The molecular weight excluding hydrogens is 302 g/mol. The molecule has 0 aliphatic heterocycles. The van der Waals surface area contributed by atoms with E-state index in [2.05, 4.69) is 20.8 Å². The average Bonchev–Trinajstić information content (AvgIpc) is 2.89. The van der Waals surface area contributed by atoms with Crippen LogP contribution >= 0.6 is 11.8 Å². The van der Waals surface area contributed by atoms with Gasteiger partial charge in [0.25, 0.3) is 10.0 Å². The Labute approximate surface area is 121 Å². The number of aromatic amines is 1. The van der Waals surface area contributed by atoms with Crippen LogP contribution in [0.3, 0.4) is 0 Å². The van der Waals surface area contributed by atoms with E-state index in [4.69, 9.17) is 11.2 Å². The fourth-order valence-electron chi connectivity index (χ4n) is 1.28. The fraction of sp³-hybridized carbons (Fsp3) is 0.455. The number of terminal acetylenes is 1. The summed E-state index contributed by atoms with van der Waals surface area (Å²) in [6, 6.07) is 0. The number of hydrogen-bond acceptors (Lipinski definition) is 6. The number of ether oxygens (including phenoxy) is 1. The Morgan fingerprint density at radius 2 is 2.40 bits per heavy atom. The number of hydrogen-bond donors (Lipinski definition) is 2. The van der Waals surface area contributed by atoms with Crippen molar-refractivity contribution in [1.29, 1.82) is 0 Å². The van der Waals surface area contributed by atoms with Gasteiger partial charge in [-0.25, -0.2) is 17.9 Å². The lowest BCUT2D eigenvalue weighted by atomic mass is 10.4. The summed E-state index contributed by atoms with van der Waals surface area (Å²) in [6.45, 7) is 1.99. The largest absolute Gasteiger partial charge is 0.462 e. The van der Waals surface area contributed by atoms with Crippen LogP contribution in [0.2, 0.25) is 0 Å². The van der Waals surface area contributed by atoms with E-state index in [0.29, 0.717) is 11.5 Å². The van der Waals surface area contributed by atoms with Gasteiger partial charge in [-0.3, -0.25) is 5.10 Å². The second-order valence-corrected chi connectivity index (χ2v) is 6.30. The van der Waals surface area contributed by atoms with Gasteiger partial charge in [-0.05, 0) is 6.92 Å². The summed E-state index contributed by atoms with van der Waals surface area (Å²) in [6.07, 6.45) is 6.21. The van der Waals surface area contributed by atoms with Gasteiger partial charge in [0.1, 0.15) is 5.56 Å². The highest BCUT2D eigenvalue weighted by molar-refractivity contribution is 7.99. The number of nitrogens with zero attached hydrogens (tertiary/aromatic N) is 1. The van der Waals surface area contributed by atoms with Crippen molar-refractivity contribution in [2.45, 2.75) is 11.9 Å². The molecule has 20 heavy (non-hydrogen) atoms. The minimum Gasteiger partial charge on any atom is -0.462 e. The third-order valence-electron chi connectivity index (χ3n) is 2.09. The van der Waals surface area contributed by atoms with Gasteiger partial charge in [-0.15, -0.1) is 18.2 Å². The maximum atomic E-state index is 12.0. The van der Waals surface area contributed by atoms with E-state index >= 15 is 0 Å². The maximum Gasteiger partial charge on any atom is 0.342 e. The molecule has 1 rings (SSSR count). The fourth-order valence-corrected chi connectivity index (χ4v) is 3.04. The van der Waals surface area contributed by atoms with Crippen LogP contribution in [0.25, 0.3) is 0 Å². The second kappa shape index (κ2) is 7.94. The Morgan fingerprint density at radius 1 is 1.65 bits per heavy atom. The van der Waals surface area contributed by atoms with Gasteiger partial charge in [-0.1, -0.05) is 5.92 Å². The highest BCUT2D eigenvalue weighted by atomic mass is 32.2. The van der Waals surface area contributed by atoms with Crippen LogP contribution in [0.5, 0.6) is 0 Å². The predicted octanol–water partition coefficient (Wildman–Crippen LogP) is 0.231. The van der Waals surface area contributed by atoms with Crippen molar-refractivity contribution < 1.29 is 17.9 Å². The number of rotatable bonds is 8. The molecule has 9 heteroatoms. The molecule has 0 spiro atoms. The Balaban J connectivity index is 2.71. The Bertz CT molecular complexity index is 589. The maximum absolute atomic E-state index is 12.0. The molecule has 1 aromatic rings. The number of carbonyl (C=O) groups excluding carboxylic acids is 1. The summed E-state index contributed by atoms with van der Waals surface area (Å²) in [5, 5.41) is 5.58. The van der Waals surface area contributed by atoms with Crippen molar-refractivity contribution in [2.75, 3.05) is 24.7 Å². The minimum atomic E-state index is -3.83. The normalized spacial score (nSPS) is 11.0. The number of nitrogens with one attached hydrogen (secondary N) is 2. The first-order chi connectivity index (χ1) is 9.53. The number of carbonyl (C=O) groups is 1. The molecule has 1 aromatic heterocycles. The van der Waals surface area contributed by atoms with Crippen LogP contribution in [0.15, 0.2) is 11.2 Å². The number of H-pyrrole nitrogens is 1. The van der Waals surface area contributed by atoms with Crippen LogP contribution in [0, 0.1) is 12.3 Å². The number of aromatic nitrogens is 2. The molecule has 0 unspecified atom stereocenters. The van der Waals surface area contributed by atoms with Crippen LogP contribution in [-0.2, 0) is 14.8 Å². The zero-order valence-electron chi connectivity index (χ0n) is 10.9.